The first kappa shape index (κ1) is 20.9. The first-order chi connectivity index (χ1) is 19.3. The van der Waals surface area contributed by atoms with Crippen molar-refractivity contribution in [3.8, 4) is 44.5 Å². The smallest absolute Gasteiger partial charge is 0.136 e. The lowest BCUT2D eigenvalue weighted by atomic mass is 9.92. The Morgan fingerprint density at radius 3 is 1.85 bits per heavy atom. The second-order valence-corrected chi connectivity index (χ2v) is 10.5. The van der Waals surface area contributed by atoms with E-state index in [0.717, 1.165) is 16.6 Å². The third kappa shape index (κ3) is 2.85. The Kier molecular flexibility index (Phi) is 4.11. The maximum atomic E-state index is 6.40. The van der Waals surface area contributed by atoms with E-state index < -0.39 is 0 Å². The van der Waals surface area contributed by atoms with Gasteiger partial charge in [-0.05, 0) is 84.3 Å². The zero-order valence-corrected chi connectivity index (χ0v) is 21.1. The monoisotopic (exact) mass is 494 g/mol. The van der Waals surface area contributed by atoms with Crippen LogP contribution in [0.2, 0.25) is 0 Å². The van der Waals surface area contributed by atoms with Crippen molar-refractivity contribution in [3.63, 3.8) is 0 Å². The summed E-state index contributed by atoms with van der Waals surface area (Å²) in [6, 6.07) is 48.3. The molecule has 0 aliphatic heterocycles. The van der Waals surface area contributed by atoms with Gasteiger partial charge < -0.3 is 4.42 Å². The molecular formula is C38H22O. The van der Waals surface area contributed by atoms with Crippen LogP contribution in [-0.2, 0) is 0 Å². The van der Waals surface area contributed by atoms with Gasteiger partial charge in [-0.15, -0.1) is 0 Å². The molecule has 0 spiro atoms. The molecule has 1 nitrogen and oxygen atoms in total. The van der Waals surface area contributed by atoms with Gasteiger partial charge in [0.15, 0.2) is 0 Å². The molecule has 7 aromatic carbocycles. The van der Waals surface area contributed by atoms with Crippen molar-refractivity contribution in [3.05, 3.63) is 133 Å². The van der Waals surface area contributed by atoms with Gasteiger partial charge in [-0.3, -0.25) is 0 Å². The largest absolute Gasteiger partial charge is 0.456 e. The highest BCUT2D eigenvalue weighted by Crippen LogP contribution is 2.49. The van der Waals surface area contributed by atoms with E-state index in [4.69, 9.17) is 4.42 Å². The van der Waals surface area contributed by atoms with Crippen LogP contribution in [0, 0.1) is 0 Å². The van der Waals surface area contributed by atoms with Gasteiger partial charge >= 0.3 is 0 Å². The van der Waals surface area contributed by atoms with E-state index >= 15 is 0 Å². The first-order valence-electron chi connectivity index (χ1n) is 13.4. The molecule has 0 saturated carbocycles. The van der Waals surface area contributed by atoms with Crippen LogP contribution < -0.4 is 0 Å². The molecule has 0 amide bonds. The molecule has 1 aliphatic rings. The Labute approximate surface area is 225 Å². The number of rotatable bonds is 2. The van der Waals surface area contributed by atoms with Gasteiger partial charge in [-0.25, -0.2) is 0 Å². The van der Waals surface area contributed by atoms with Gasteiger partial charge in [0.1, 0.15) is 11.2 Å². The molecule has 0 bridgehead atoms. The van der Waals surface area contributed by atoms with Crippen molar-refractivity contribution in [1.82, 2.24) is 0 Å². The second-order valence-electron chi connectivity index (χ2n) is 10.5. The van der Waals surface area contributed by atoms with E-state index in [-0.39, 0.29) is 0 Å². The summed E-state index contributed by atoms with van der Waals surface area (Å²) in [4.78, 5) is 0. The van der Waals surface area contributed by atoms with Crippen LogP contribution >= 0.6 is 0 Å². The first-order valence-corrected chi connectivity index (χ1v) is 13.4. The van der Waals surface area contributed by atoms with Gasteiger partial charge in [-0.1, -0.05) is 115 Å². The minimum absolute atomic E-state index is 0.916. The van der Waals surface area contributed by atoms with Gasteiger partial charge in [0.05, 0.1) is 0 Å². The van der Waals surface area contributed by atoms with Gasteiger partial charge in [-0.2, -0.15) is 0 Å². The van der Waals surface area contributed by atoms with E-state index in [1.807, 2.05) is 0 Å². The summed E-state index contributed by atoms with van der Waals surface area (Å²) in [6.45, 7) is 0. The highest BCUT2D eigenvalue weighted by Gasteiger charge is 2.22. The lowest BCUT2D eigenvalue weighted by Gasteiger charge is -2.11. The molecular weight excluding hydrogens is 472 g/mol. The lowest BCUT2D eigenvalue weighted by Crippen LogP contribution is -1.85. The van der Waals surface area contributed by atoms with Crippen molar-refractivity contribution < 1.29 is 4.42 Å². The molecule has 39 heavy (non-hydrogen) atoms. The van der Waals surface area contributed by atoms with E-state index in [1.165, 1.54) is 71.4 Å². The Morgan fingerprint density at radius 1 is 0.333 bits per heavy atom. The zero-order chi connectivity index (χ0) is 25.5. The second kappa shape index (κ2) is 7.69. The summed E-state index contributed by atoms with van der Waals surface area (Å²) in [6.07, 6.45) is 0. The van der Waals surface area contributed by atoms with Crippen molar-refractivity contribution in [1.29, 1.82) is 0 Å². The van der Waals surface area contributed by atoms with E-state index in [9.17, 15) is 0 Å². The summed E-state index contributed by atoms with van der Waals surface area (Å²) < 4.78 is 6.40. The van der Waals surface area contributed by atoms with Crippen molar-refractivity contribution >= 4 is 43.5 Å². The van der Waals surface area contributed by atoms with Crippen LogP contribution in [0.1, 0.15) is 0 Å². The predicted octanol–water partition coefficient (Wildman–Crippen LogP) is 10.9. The van der Waals surface area contributed by atoms with Crippen LogP contribution in [0.4, 0.5) is 0 Å². The Hall–Kier alpha value is -5.14. The average molecular weight is 495 g/mol. The number of hydrogen-bond donors (Lipinski definition) is 0. The Bertz CT molecular complexity index is 2250. The molecule has 0 saturated heterocycles. The van der Waals surface area contributed by atoms with Crippen LogP contribution in [0.15, 0.2) is 138 Å². The minimum atomic E-state index is 0.916. The van der Waals surface area contributed by atoms with Crippen molar-refractivity contribution in [2.24, 2.45) is 0 Å². The van der Waals surface area contributed by atoms with Crippen LogP contribution in [0.25, 0.3) is 88.0 Å². The van der Waals surface area contributed by atoms with Crippen LogP contribution in [0.5, 0.6) is 0 Å². The minimum Gasteiger partial charge on any atom is -0.456 e. The van der Waals surface area contributed by atoms with E-state index in [2.05, 4.69) is 133 Å². The van der Waals surface area contributed by atoms with Crippen LogP contribution in [-0.4, -0.2) is 0 Å². The molecule has 0 atom stereocenters. The molecule has 1 heterocycles. The van der Waals surface area contributed by atoms with E-state index in [0.29, 0.717) is 0 Å². The molecule has 1 heteroatoms. The molecule has 0 fully saturated rings. The fourth-order valence-corrected chi connectivity index (χ4v) is 6.74. The number of fused-ring (bicyclic) bond motifs is 7. The van der Waals surface area contributed by atoms with Crippen molar-refractivity contribution in [2.45, 2.75) is 0 Å². The molecule has 0 unspecified atom stereocenters. The maximum absolute atomic E-state index is 6.40. The number of hydrogen-bond acceptors (Lipinski definition) is 1. The summed E-state index contributed by atoms with van der Waals surface area (Å²) in [5.41, 5.74) is 12.0. The molecule has 0 radical (unpaired) electrons. The normalized spacial score (nSPS) is 12.1. The van der Waals surface area contributed by atoms with E-state index in [1.54, 1.807) is 0 Å². The average Bonchev–Trinajstić information content (AvgIpc) is 3.54. The summed E-state index contributed by atoms with van der Waals surface area (Å²) in [5, 5.41) is 7.47. The Morgan fingerprint density at radius 2 is 0.949 bits per heavy atom. The highest BCUT2D eigenvalue weighted by atomic mass is 16.3. The fraction of sp³-hybridized carbons (Fsp3) is 0. The molecule has 9 rings (SSSR count). The third-order valence-corrected chi connectivity index (χ3v) is 8.43. The van der Waals surface area contributed by atoms with Gasteiger partial charge in [0.2, 0.25) is 0 Å². The number of benzene rings is 7. The zero-order valence-electron chi connectivity index (χ0n) is 21.1. The summed E-state index contributed by atoms with van der Waals surface area (Å²) >= 11 is 0. The Balaban J connectivity index is 1.31. The predicted molar refractivity (Wildman–Crippen MR) is 164 cm³/mol. The lowest BCUT2D eigenvalue weighted by molar-refractivity contribution is 0.669. The number of furan rings is 1. The van der Waals surface area contributed by atoms with Crippen molar-refractivity contribution in [2.75, 3.05) is 0 Å². The molecule has 8 aromatic rings. The van der Waals surface area contributed by atoms with Gasteiger partial charge in [0, 0.05) is 10.8 Å². The van der Waals surface area contributed by atoms with Crippen LogP contribution in [0.3, 0.4) is 0 Å². The molecule has 180 valence electrons. The quantitative estimate of drug-likeness (QED) is 0.233. The molecule has 1 aromatic heterocycles. The molecule has 1 aliphatic carbocycles. The van der Waals surface area contributed by atoms with Gasteiger partial charge in [0.25, 0.3) is 0 Å². The standard InChI is InChI=1S/C38H22O/c1-2-10-25-23(8-1)9-5-13-27(25)32-16-7-17-36-38(32)34-22-24(18-21-35(34)39-36)26-19-20-33-29-12-4-3-11-28(29)31-15-6-14-30(26)37(31)33/h1-22H. The summed E-state index contributed by atoms with van der Waals surface area (Å²) in [5.74, 6) is 0. The SMILES string of the molecule is c1ccc2c(c1)-c1cccc3c(-c4ccc5oc6cccc(-c7cccc8ccccc78)c6c5c4)ccc-2c13. The fourth-order valence-electron chi connectivity index (χ4n) is 6.74. The third-order valence-electron chi connectivity index (χ3n) is 8.43. The molecule has 0 N–H and O–H groups in total. The maximum Gasteiger partial charge on any atom is 0.136 e. The topological polar surface area (TPSA) is 13.1 Å². The highest BCUT2D eigenvalue weighted by molar-refractivity contribution is 6.20. The summed E-state index contributed by atoms with van der Waals surface area (Å²) in [7, 11) is 0.